The molecule has 2 unspecified atom stereocenters. The highest BCUT2D eigenvalue weighted by molar-refractivity contribution is 6.30. The van der Waals surface area contributed by atoms with Crippen LogP contribution in [0.15, 0.2) is 18.2 Å². The molecule has 0 fully saturated rings. The van der Waals surface area contributed by atoms with Gasteiger partial charge < -0.3 is 5.32 Å². The van der Waals surface area contributed by atoms with Gasteiger partial charge in [-0.1, -0.05) is 38.4 Å². The first-order valence-corrected chi connectivity index (χ1v) is 6.57. The number of benzene rings is 1. The quantitative estimate of drug-likeness (QED) is 0.815. The Hall–Kier alpha value is -0.600. The Morgan fingerprint density at radius 1 is 1.29 bits per heavy atom. The van der Waals surface area contributed by atoms with Crippen molar-refractivity contribution in [2.45, 2.75) is 27.2 Å². The summed E-state index contributed by atoms with van der Waals surface area (Å²) in [5.74, 6) is 0.777. The molecule has 96 valence electrons. The minimum atomic E-state index is -0.323. The molecular formula is C14H21ClFN. The molecule has 0 radical (unpaired) electrons. The van der Waals surface area contributed by atoms with Crippen LogP contribution >= 0.6 is 11.6 Å². The lowest BCUT2D eigenvalue weighted by molar-refractivity contribution is 0.368. The van der Waals surface area contributed by atoms with E-state index in [9.17, 15) is 4.39 Å². The highest BCUT2D eigenvalue weighted by atomic mass is 35.5. The fourth-order valence-electron chi connectivity index (χ4n) is 1.81. The molecule has 0 saturated carbocycles. The second-order valence-corrected chi connectivity index (χ2v) is 5.12. The summed E-state index contributed by atoms with van der Waals surface area (Å²) in [6, 6.07) is 5.08. The fourth-order valence-corrected chi connectivity index (χ4v) is 1.93. The van der Waals surface area contributed by atoms with E-state index in [1.807, 2.05) is 6.07 Å². The monoisotopic (exact) mass is 257 g/mol. The van der Waals surface area contributed by atoms with E-state index in [1.54, 1.807) is 12.1 Å². The molecule has 0 bridgehead atoms. The molecule has 0 aliphatic heterocycles. The summed E-state index contributed by atoms with van der Waals surface area (Å²) in [5, 5.41) is 3.54. The summed E-state index contributed by atoms with van der Waals surface area (Å²) in [6.45, 7) is 8.53. The molecule has 2 atom stereocenters. The van der Waals surface area contributed by atoms with Crippen LogP contribution in [0.25, 0.3) is 0 Å². The van der Waals surface area contributed by atoms with Crippen molar-refractivity contribution in [3.8, 4) is 0 Å². The van der Waals surface area contributed by atoms with Crippen LogP contribution in [0, 0.1) is 17.7 Å². The molecule has 0 aliphatic rings. The van der Waals surface area contributed by atoms with Gasteiger partial charge in [0.15, 0.2) is 0 Å². The van der Waals surface area contributed by atoms with Gasteiger partial charge in [0.2, 0.25) is 0 Å². The van der Waals surface area contributed by atoms with Crippen molar-refractivity contribution in [3.63, 3.8) is 0 Å². The first-order chi connectivity index (χ1) is 8.04. The molecule has 0 heterocycles. The maximum absolute atomic E-state index is 13.3. The van der Waals surface area contributed by atoms with E-state index in [0.29, 0.717) is 11.8 Å². The molecule has 1 N–H and O–H groups in total. The van der Waals surface area contributed by atoms with Crippen LogP contribution < -0.4 is 5.32 Å². The Bertz CT molecular complexity index is 354. The van der Waals surface area contributed by atoms with Gasteiger partial charge in [0.25, 0.3) is 0 Å². The lowest BCUT2D eigenvalue weighted by atomic mass is 9.89. The summed E-state index contributed by atoms with van der Waals surface area (Å²) in [6.07, 6.45) is 0.890. The number of hydrogen-bond donors (Lipinski definition) is 1. The topological polar surface area (TPSA) is 12.0 Å². The lowest BCUT2D eigenvalue weighted by Crippen LogP contribution is -2.25. The fraction of sp³-hybridized carbons (Fsp3) is 0.571. The summed E-state index contributed by atoms with van der Waals surface area (Å²) < 4.78 is 13.3. The lowest BCUT2D eigenvalue weighted by Gasteiger charge is -2.20. The van der Waals surface area contributed by atoms with E-state index in [0.717, 1.165) is 25.1 Å². The molecule has 0 amide bonds. The molecule has 0 saturated heterocycles. The van der Waals surface area contributed by atoms with Crippen LogP contribution in [-0.4, -0.2) is 13.1 Å². The maximum Gasteiger partial charge on any atom is 0.142 e. The predicted octanol–water partition coefficient (Wildman–Crippen LogP) is 3.90. The van der Waals surface area contributed by atoms with Crippen molar-refractivity contribution in [1.82, 2.24) is 5.32 Å². The third-order valence-corrected chi connectivity index (χ3v) is 3.54. The Kier molecular flexibility index (Phi) is 5.93. The molecule has 1 aromatic carbocycles. The Morgan fingerprint density at radius 3 is 2.59 bits per heavy atom. The summed E-state index contributed by atoms with van der Waals surface area (Å²) in [4.78, 5) is 0. The third kappa shape index (κ3) is 4.64. The van der Waals surface area contributed by atoms with Gasteiger partial charge in [0, 0.05) is 0 Å². The van der Waals surface area contributed by atoms with Crippen molar-refractivity contribution in [2.75, 3.05) is 13.1 Å². The SMILES string of the molecule is CCNCC(C)C(C)Cc1ccc(Cl)c(F)c1. The minimum absolute atomic E-state index is 0.196. The standard InChI is InChI=1S/C14H21ClFN/c1-4-17-9-11(3)10(2)7-12-5-6-13(15)14(16)8-12/h5-6,8,10-11,17H,4,7,9H2,1-3H3. The number of nitrogens with one attached hydrogen (secondary N) is 1. The number of hydrogen-bond acceptors (Lipinski definition) is 1. The van der Waals surface area contributed by atoms with E-state index >= 15 is 0 Å². The van der Waals surface area contributed by atoms with Crippen LogP contribution in [0.5, 0.6) is 0 Å². The zero-order chi connectivity index (χ0) is 12.8. The molecule has 17 heavy (non-hydrogen) atoms. The van der Waals surface area contributed by atoms with E-state index in [4.69, 9.17) is 11.6 Å². The first-order valence-electron chi connectivity index (χ1n) is 6.19. The molecular weight excluding hydrogens is 237 g/mol. The van der Waals surface area contributed by atoms with Crippen molar-refractivity contribution in [3.05, 3.63) is 34.6 Å². The Morgan fingerprint density at radius 2 is 2.00 bits per heavy atom. The molecule has 1 nitrogen and oxygen atoms in total. The van der Waals surface area contributed by atoms with Crippen LogP contribution in [0.3, 0.4) is 0 Å². The van der Waals surface area contributed by atoms with Crippen molar-refractivity contribution in [2.24, 2.45) is 11.8 Å². The van der Waals surface area contributed by atoms with E-state index in [1.165, 1.54) is 0 Å². The van der Waals surface area contributed by atoms with E-state index in [-0.39, 0.29) is 10.8 Å². The van der Waals surface area contributed by atoms with Gasteiger partial charge in [-0.05, 0) is 49.0 Å². The van der Waals surface area contributed by atoms with E-state index in [2.05, 4.69) is 26.1 Å². The van der Waals surface area contributed by atoms with Crippen LogP contribution in [0.4, 0.5) is 4.39 Å². The average molecular weight is 258 g/mol. The summed E-state index contributed by atoms with van der Waals surface area (Å²) in [7, 11) is 0. The molecule has 1 rings (SSSR count). The molecule has 3 heteroatoms. The van der Waals surface area contributed by atoms with Gasteiger partial charge in [0.1, 0.15) is 5.82 Å². The average Bonchev–Trinajstić information content (AvgIpc) is 2.30. The van der Waals surface area contributed by atoms with Crippen LogP contribution in [0.1, 0.15) is 26.3 Å². The third-order valence-electron chi connectivity index (χ3n) is 3.23. The Labute approximate surface area is 108 Å². The van der Waals surface area contributed by atoms with Gasteiger partial charge in [-0.15, -0.1) is 0 Å². The van der Waals surface area contributed by atoms with Crippen molar-refractivity contribution >= 4 is 11.6 Å². The maximum atomic E-state index is 13.3. The normalized spacial score (nSPS) is 14.6. The molecule has 0 aliphatic carbocycles. The van der Waals surface area contributed by atoms with Gasteiger partial charge in [-0.2, -0.15) is 0 Å². The number of rotatable bonds is 6. The number of halogens is 2. The van der Waals surface area contributed by atoms with Crippen molar-refractivity contribution in [1.29, 1.82) is 0 Å². The zero-order valence-corrected chi connectivity index (χ0v) is 11.5. The highest BCUT2D eigenvalue weighted by Crippen LogP contribution is 2.20. The van der Waals surface area contributed by atoms with Gasteiger partial charge in [0.05, 0.1) is 5.02 Å². The molecule has 1 aromatic rings. The molecule has 0 spiro atoms. The summed E-state index contributed by atoms with van der Waals surface area (Å²) in [5.41, 5.74) is 1.02. The largest absolute Gasteiger partial charge is 0.317 e. The predicted molar refractivity (Wildman–Crippen MR) is 72.0 cm³/mol. The Balaban J connectivity index is 2.55. The van der Waals surface area contributed by atoms with Crippen LogP contribution in [-0.2, 0) is 6.42 Å². The highest BCUT2D eigenvalue weighted by Gasteiger charge is 2.13. The zero-order valence-electron chi connectivity index (χ0n) is 10.8. The second kappa shape index (κ2) is 6.97. The first kappa shape index (κ1) is 14.5. The second-order valence-electron chi connectivity index (χ2n) is 4.71. The van der Waals surface area contributed by atoms with Gasteiger partial charge >= 0.3 is 0 Å². The van der Waals surface area contributed by atoms with Gasteiger partial charge in [-0.3, -0.25) is 0 Å². The van der Waals surface area contributed by atoms with E-state index < -0.39 is 0 Å². The van der Waals surface area contributed by atoms with Crippen molar-refractivity contribution < 1.29 is 4.39 Å². The summed E-state index contributed by atoms with van der Waals surface area (Å²) >= 11 is 5.66. The molecule has 0 aromatic heterocycles. The van der Waals surface area contributed by atoms with Crippen LogP contribution in [0.2, 0.25) is 5.02 Å². The van der Waals surface area contributed by atoms with Gasteiger partial charge in [-0.25, -0.2) is 4.39 Å². The minimum Gasteiger partial charge on any atom is -0.317 e. The smallest absolute Gasteiger partial charge is 0.142 e.